The molecule has 1 aliphatic heterocycles. The molecular weight excluding hydrogens is 426 g/mol. The molecule has 2 aromatic heterocycles. The zero-order valence-electron chi connectivity index (χ0n) is 19.9. The first-order valence-electron chi connectivity index (χ1n) is 12.5. The summed E-state index contributed by atoms with van der Waals surface area (Å²) in [7, 11) is 0. The van der Waals surface area contributed by atoms with Crippen LogP contribution in [0.15, 0.2) is 54.0 Å². The number of pyridine rings is 1. The molecule has 178 valence electrons. The van der Waals surface area contributed by atoms with Gasteiger partial charge in [0.25, 0.3) is 0 Å². The molecular formula is C28H33N3O3. The van der Waals surface area contributed by atoms with E-state index in [1.807, 2.05) is 34.9 Å². The Kier molecular flexibility index (Phi) is 6.31. The van der Waals surface area contributed by atoms with Crippen molar-refractivity contribution in [1.82, 2.24) is 14.1 Å². The van der Waals surface area contributed by atoms with Crippen LogP contribution in [-0.4, -0.2) is 19.2 Å². The largest absolute Gasteiger partial charge is 0.493 e. The molecule has 0 spiro atoms. The summed E-state index contributed by atoms with van der Waals surface area (Å²) >= 11 is 0. The number of rotatable bonds is 7. The van der Waals surface area contributed by atoms with E-state index >= 15 is 0 Å². The van der Waals surface area contributed by atoms with Crippen LogP contribution >= 0.6 is 0 Å². The SMILES string of the molecule is C=CCc1c(OCc2ccccn2)ccc2c1Cc1c(O)n(C3CCCCC3)c(=O)n1[C@@H]2CC. The van der Waals surface area contributed by atoms with Crippen LogP contribution in [0.1, 0.15) is 85.6 Å². The smallest absolute Gasteiger partial charge is 0.332 e. The highest BCUT2D eigenvalue weighted by Crippen LogP contribution is 2.42. The maximum absolute atomic E-state index is 13.6. The second-order valence-corrected chi connectivity index (χ2v) is 9.40. The minimum Gasteiger partial charge on any atom is -0.493 e. The summed E-state index contributed by atoms with van der Waals surface area (Å²) in [4.78, 5) is 17.9. The van der Waals surface area contributed by atoms with E-state index in [0.717, 1.165) is 65.9 Å². The molecule has 0 amide bonds. The van der Waals surface area contributed by atoms with Crippen LogP contribution in [0.2, 0.25) is 0 Å². The van der Waals surface area contributed by atoms with Crippen LogP contribution in [0.3, 0.4) is 0 Å². The molecule has 1 atom stereocenters. The molecule has 2 aliphatic rings. The summed E-state index contributed by atoms with van der Waals surface area (Å²) in [5.74, 6) is 0.950. The lowest BCUT2D eigenvalue weighted by Gasteiger charge is -2.29. The standard InChI is InChI=1S/C28H33N3O3/c1-3-10-22-23-17-25-27(32)30(20-12-6-5-7-13-20)28(33)31(25)24(4-2)21(23)14-15-26(22)34-18-19-11-8-9-16-29-19/h3,8-9,11,14-16,20,24,32H,1,4-7,10,12-13,17-18H2,2H3/t24-/m1/s1. The molecule has 1 fully saturated rings. The van der Waals surface area contributed by atoms with Gasteiger partial charge in [0.05, 0.1) is 17.4 Å². The quantitative estimate of drug-likeness (QED) is 0.476. The van der Waals surface area contributed by atoms with Crippen LogP contribution in [0.4, 0.5) is 0 Å². The zero-order chi connectivity index (χ0) is 23.7. The van der Waals surface area contributed by atoms with Gasteiger partial charge in [-0.1, -0.05) is 44.4 Å². The summed E-state index contributed by atoms with van der Waals surface area (Å²) in [6.07, 6.45) is 10.9. The Labute approximate surface area is 200 Å². The predicted molar refractivity (Wildman–Crippen MR) is 133 cm³/mol. The molecule has 0 radical (unpaired) electrons. The van der Waals surface area contributed by atoms with Crippen LogP contribution in [-0.2, 0) is 19.4 Å². The molecule has 1 N–H and O–H groups in total. The minimum absolute atomic E-state index is 0.0716. The molecule has 3 aromatic rings. The van der Waals surface area contributed by atoms with E-state index in [-0.39, 0.29) is 23.7 Å². The first-order chi connectivity index (χ1) is 16.6. The van der Waals surface area contributed by atoms with Gasteiger partial charge in [0.2, 0.25) is 5.88 Å². The number of hydrogen-bond acceptors (Lipinski definition) is 4. The van der Waals surface area contributed by atoms with Crippen LogP contribution < -0.4 is 10.4 Å². The van der Waals surface area contributed by atoms with Crippen LogP contribution in [0, 0.1) is 0 Å². The minimum atomic E-state index is -0.101. The number of nitrogens with zero attached hydrogens (tertiary/aromatic N) is 3. The van der Waals surface area contributed by atoms with Crippen molar-refractivity contribution in [3.8, 4) is 11.6 Å². The van der Waals surface area contributed by atoms with Gasteiger partial charge in [0.1, 0.15) is 12.4 Å². The normalized spacial score (nSPS) is 17.7. The van der Waals surface area contributed by atoms with Crippen molar-refractivity contribution in [2.75, 3.05) is 0 Å². The monoisotopic (exact) mass is 459 g/mol. The van der Waals surface area contributed by atoms with E-state index in [0.29, 0.717) is 19.4 Å². The molecule has 0 unspecified atom stereocenters. The molecule has 34 heavy (non-hydrogen) atoms. The van der Waals surface area contributed by atoms with Gasteiger partial charge in [-0.3, -0.25) is 14.1 Å². The molecule has 5 rings (SSSR count). The van der Waals surface area contributed by atoms with E-state index < -0.39 is 0 Å². The number of allylic oxidation sites excluding steroid dienone is 1. The number of fused-ring (bicyclic) bond motifs is 2. The number of aromatic nitrogens is 3. The first-order valence-corrected chi connectivity index (χ1v) is 12.5. The van der Waals surface area contributed by atoms with Gasteiger partial charge in [-0.25, -0.2) is 4.79 Å². The summed E-state index contributed by atoms with van der Waals surface area (Å²) < 4.78 is 9.73. The maximum Gasteiger partial charge on any atom is 0.332 e. The Bertz CT molecular complexity index is 1240. The lowest BCUT2D eigenvalue weighted by molar-refractivity contribution is 0.298. The van der Waals surface area contributed by atoms with E-state index in [2.05, 4.69) is 24.6 Å². The molecule has 0 bridgehead atoms. The molecule has 6 nitrogen and oxygen atoms in total. The molecule has 1 aliphatic carbocycles. The third kappa shape index (κ3) is 3.85. The molecule has 0 saturated heterocycles. The summed E-state index contributed by atoms with van der Waals surface area (Å²) in [6, 6.07) is 9.88. The van der Waals surface area contributed by atoms with Crippen molar-refractivity contribution in [1.29, 1.82) is 0 Å². The van der Waals surface area contributed by atoms with E-state index in [4.69, 9.17) is 4.74 Å². The zero-order valence-corrected chi connectivity index (χ0v) is 19.9. The fraction of sp³-hybridized carbons (Fsp3) is 0.429. The van der Waals surface area contributed by atoms with Gasteiger partial charge in [-0.05, 0) is 55.0 Å². The summed E-state index contributed by atoms with van der Waals surface area (Å²) in [6.45, 7) is 6.45. The third-order valence-corrected chi connectivity index (χ3v) is 7.41. The summed E-state index contributed by atoms with van der Waals surface area (Å²) in [5, 5.41) is 11.3. The number of hydrogen-bond donors (Lipinski definition) is 1. The van der Waals surface area contributed by atoms with Crippen molar-refractivity contribution >= 4 is 0 Å². The maximum atomic E-state index is 13.6. The Morgan fingerprint density at radius 1 is 1.18 bits per heavy atom. The first kappa shape index (κ1) is 22.5. The van der Waals surface area contributed by atoms with Gasteiger partial charge in [-0.15, -0.1) is 6.58 Å². The Morgan fingerprint density at radius 2 is 2.00 bits per heavy atom. The van der Waals surface area contributed by atoms with Gasteiger partial charge < -0.3 is 9.84 Å². The highest BCUT2D eigenvalue weighted by molar-refractivity contribution is 5.52. The van der Waals surface area contributed by atoms with Crippen molar-refractivity contribution in [2.45, 2.75) is 77.0 Å². The van der Waals surface area contributed by atoms with Crippen LogP contribution in [0.25, 0.3) is 0 Å². The number of benzene rings is 1. The molecule has 1 saturated carbocycles. The Morgan fingerprint density at radius 3 is 2.71 bits per heavy atom. The summed E-state index contributed by atoms with van der Waals surface area (Å²) in [5.41, 5.74) is 4.87. The lowest BCUT2D eigenvalue weighted by Crippen LogP contribution is -2.33. The van der Waals surface area contributed by atoms with Gasteiger partial charge >= 0.3 is 5.69 Å². The van der Waals surface area contributed by atoms with Crippen LogP contribution in [0.5, 0.6) is 11.6 Å². The highest BCUT2D eigenvalue weighted by atomic mass is 16.5. The molecule has 1 aromatic carbocycles. The molecule has 6 heteroatoms. The third-order valence-electron chi connectivity index (χ3n) is 7.41. The predicted octanol–water partition coefficient (Wildman–Crippen LogP) is 5.47. The van der Waals surface area contributed by atoms with Gasteiger partial charge in [0, 0.05) is 24.2 Å². The van der Waals surface area contributed by atoms with Crippen molar-refractivity contribution in [3.63, 3.8) is 0 Å². The lowest BCUT2D eigenvalue weighted by atomic mass is 9.86. The fourth-order valence-corrected chi connectivity index (χ4v) is 5.78. The van der Waals surface area contributed by atoms with E-state index in [1.54, 1.807) is 10.8 Å². The fourth-order valence-electron chi connectivity index (χ4n) is 5.78. The average molecular weight is 460 g/mol. The topological polar surface area (TPSA) is 69.3 Å². The number of aromatic hydroxyl groups is 1. The Balaban J connectivity index is 1.56. The van der Waals surface area contributed by atoms with Crippen molar-refractivity contribution in [3.05, 3.63) is 87.7 Å². The number of imidazole rings is 1. The van der Waals surface area contributed by atoms with E-state index in [9.17, 15) is 9.90 Å². The van der Waals surface area contributed by atoms with Crippen molar-refractivity contribution < 1.29 is 9.84 Å². The van der Waals surface area contributed by atoms with Gasteiger partial charge in [0.15, 0.2) is 0 Å². The van der Waals surface area contributed by atoms with E-state index in [1.165, 1.54) is 6.42 Å². The Hall–Kier alpha value is -3.28. The average Bonchev–Trinajstić information content (AvgIpc) is 3.13. The van der Waals surface area contributed by atoms with Gasteiger partial charge in [-0.2, -0.15) is 0 Å². The molecule has 3 heterocycles. The second-order valence-electron chi connectivity index (χ2n) is 9.40. The van der Waals surface area contributed by atoms with Crippen molar-refractivity contribution in [2.24, 2.45) is 0 Å². The highest BCUT2D eigenvalue weighted by Gasteiger charge is 2.35. The second kappa shape index (κ2) is 9.53. The number of ether oxygens (including phenoxy) is 1.